The smallest absolute Gasteiger partial charge is 0.156 e. The topological polar surface area (TPSA) is 56.2 Å². The van der Waals surface area contributed by atoms with Crippen LogP contribution in [-0.4, -0.2) is 21.1 Å². The van der Waals surface area contributed by atoms with Gasteiger partial charge in [0.05, 0.1) is 0 Å². The monoisotopic (exact) mass is 282 g/mol. The number of fused-ring (bicyclic) bond motifs is 1. The Balaban J connectivity index is 2.45. The van der Waals surface area contributed by atoms with E-state index in [1.807, 2.05) is 18.3 Å². The first-order chi connectivity index (χ1) is 7.61. The minimum absolute atomic E-state index is 0.221. The molecule has 2 aromatic heterocycles. The standard InChI is InChI=1S/C11H15BrN4/c1-7(2)9(6-13)11-14-10-5-8(12)3-4-16(10)15-11/h3-5,7,9H,6,13H2,1-2H3. The Morgan fingerprint density at radius 2 is 2.25 bits per heavy atom. The molecular formula is C11H15BrN4. The lowest BCUT2D eigenvalue weighted by atomic mass is 9.95. The molecule has 0 saturated carbocycles. The summed E-state index contributed by atoms with van der Waals surface area (Å²) in [6.45, 7) is 4.86. The maximum absolute atomic E-state index is 5.76. The lowest BCUT2D eigenvalue weighted by molar-refractivity contribution is 0.483. The van der Waals surface area contributed by atoms with Gasteiger partial charge < -0.3 is 5.73 Å². The summed E-state index contributed by atoms with van der Waals surface area (Å²) in [5.41, 5.74) is 6.61. The van der Waals surface area contributed by atoms with Gasteiger partial charge in [-0.25, -0.2) is 9.50 Å². The van der Waals surface area contributed by atoms with Crippen molar-refractivity contribution in [2.75, 3.05) is 6.54 Å². The predicted molar refractivity (Wildman–Crippen MR) is 67.3 cm³/mol. The van der Waals surface area contributed by atoms with Crippen molar-refractivity contribution in [1.82, 2.24) is 14.6 Å². The minimum atomic E-state index is 0.221. The second-order valence-corrected chi connectivity index (χ2v) is 5.12. The number of halogens is 1. The van der Waals surface area contributed by atoms with Crippen molar-refractivity contribution in [2.45, 2.75) is 19.8 Å². The van der Waals surface area contributed by atoms with E-state index in [2.05, 4.69) is 39.9 Å². The van der Waals surface area contributed by atoms with Gasteiger partial charge >= 0.3 is 0 Å². The Bertz CT molecular complexity index is 492. The molecule has 0 fully saturated rings. The molecule has 0 aromatic carbocycles. The summed E-state index contributed by atoms with van der Waals surface area (Å²) in [7, 11) is 0. The van der Waals surface area contributed by atoms with Crippen molar-refractivity contribution in [1.29, 1.82) is 0 Å². The van der Waals surface area contributed by atoms with Crippen LogP contribution in [0.2, 0.25) is 0 Å². The van der Waals surface area contributed by atoms with Crippen molar-refractivity contribution in [2.24, 2.45) is 11.7 Å². The van der Waals surface area contributed by atoms with E-state index < -0.39 is 0 Å². The highest BCUT2D eigenvalue weighted by Gasteiger charge is 2.19. The SMILES string of the molecule is CC(C)C(CN)c1nc2cc(Br)ccn2n1. The van der Waals surface area contributed by atoms with Crippen molar-refractivity contribution < 1.29 is 0 Å². The molecule has 2 N–H and O–H groups in total. The first-order valence-corrected chi connectivity index (χ1v) is 6.13. The summed E-state index contributed by atoms with van der Waals surface area (Å²) in [6.07, 6.45) is 1.89. The van der Waals surface area contributed by atoms with E-state index >= 15 is 0 Å². The minimum Gasteiger partial charge on any atom is -0.330 e. The third kappa shape index (κ3) is 2.10. The third-order valence-corrected chi connectivity index (χ3v) is 3.20. The molecular weight excluding hydrogens is 268 g/mol. The Labute approximate surface area is 103 Å². The van der Waals surface area contributed by atoms with Gasteiger partial charge in [-0.15, -0.1) is 0 Å². The first-order valence-electron chi connectivity index (χ1n) is 5.33. The molecule has 0 radical (unpaired) electrons. The van der Waals surface area contributed by atoms with Crippen molar-refractivity contribution >= 4 is 21.6 Å². The van der Waals surface area contributed by atoms with Crippen molar-refractivity contribution in [3.63, 3.8) is 0 Å². The highest BCUT2D eigenvalue weighted by Crippen LogP contribution is 2.21. The maximum atomic E-state index is 5.76. The van der Waals surface area contributed by atoms with E-state index in [0.717, 1.165) is 15.9 Å². The number of nitrogens with two attached hydrogens (primary N) is 1. The molecule has 0 aliphatic heterocycles. The van der Waals surface area contributed by atoms with Crippen LogP contribution in [-0.2, 0) is 0 Å². The number of aromatic nitrogens is 3. The van der Waals surface area contributed by atoms with Gasteiger partial charge in [-0.3, -0.25) is 0 Å². The van der Waals surface area contributed by atoms with Crippen LogP contribution >= 0.6 is 15.9 Å². The quantitative estimate of drug-likeness (QED) is 0.939. The second kappa shape index (κ2) is 4.51. The maximum Gasteiger partial charge on any atom is 0.156 e. The molecule has 0 amide bonds. The van der Waals surface area contributed by atoms with Gasteiger partial charge in [0.25, 0.3) is 0 Å². The molecule has 0 saturated heterocycles. The molecule has 2 rings (SSSR count). The van der Waals surface area contributed by atoms with Crippen LogP contribution in [0.5, 0.6) is 0 Å². The highest BCUT2D eigenvalue weighted by molar-refractivity contribution is 9.10. The largest absolute Gasteiger partial charge is 0.330 e. The summed E-state index contributed by atoms with van der Waals surface area (Å²) in [5, 5.41) is 4.45. The van der Waals surface area contributed by atoms with E-state index in [1.165, 1.54) is 0 Å². The molecule has 1 atom stereocenters. The number of nitrogens with zero attached hydrogens (tertiary/aromatic N) is 3. The average molecular weight is 283 g/mol. The number of rotatable bonds is 3. The second-order valence-electron chi connectivity index (χ2n) is 4.20. The zero-order chi connectivity index (χ0) is 11.7. The van der Waals surface area contributed by atoms with Gasteiger partial charge in [0, 0.05) is 23.1 Å². The molecule has 0 aliphatic rings. The lowest BCUT2D eigenvalue weighted by Crippen LogP contribution is -2.19. The predicted octanol–water partition coefficient (Wildman–Crippen LogP) is 2.19. The summed E-state index contributed by atoms with van der Waals surface area (Å²) in [6, 6.07) is 3.89. The molecule has 4 nitrogen and oxygen atoms in total. The van der Waals surface area contributed by atoms with Crippen LogP contribution in [0.4, 0.5) is 0 Å². The molecule has 0 spiro atoms. The molecule has 2 heterocycles. The fourth-order valence-electron chi connectivity index (χ4n) is 1.71. The van der Waals surface area contributed by atoms with Gasteiger partial charge in [0.2, 0.25) is 0 Å². The zero-order valence-electron chi connectivity index (χ0n) is 9.39. The van der Waals surface area contributed by atoms with Crippen LogP contribution < -0.4 is 5.73 Å². The highest BCUT2D eigenvalue weighted by atomic mass is 79.9. The lowest BCUT2D eigenvalue weighted by Gasteiger charge is -2.14. The zero-order valence-corrected chi connectivity index (χ0v) is 11.0. The number of hydrogen-bond acceptors (Lipinski definition) is 3. The number of pyridine rings is 1. The van der Waals surface area contributed by atoms with Gasteiger partial charge in [-0.1, -0.05) is 29.8 Å². The van der Waals surface area contributed by atoms with Crippen molar-refractivity contribution in [3.8, 4) is 0 Å². The molecule has 2 aromatic rings. The van der Waals surface area contributed by atoms with E-state index in [1.54, 1.807) is 4.52 Å². The Hall–Kier alpha value is -0.940. The summed E-state index contributed by atoms with van der Waals surface area (Å²) in [5.74, 6) is 1.50. The molecule has 16 heavy (non-hydrogen) atoms. The van der Waals surface area contributed by atoms with Crippen LogP contribution in [0.25, 0.3) is 5.65 Å². The van der Waals surface area contributed by atoms with E-state index in [-0.39, 0.29) is 5.92 Å². The Morgan fingerprint density at radius 1 is 1.50 bits per heavy atom. The van der Waals surface area contributed by atoms with E-state index in [4.69, 9.17) is 5.73 Å². The van der Waals surface area contributed by atoms with Crippen LogP contribution in [0.15, 0.2) is 22.8 Å². The van der Waals surface area contributed by atoms with Crippen LogP contribution in [0, 0.1) is 5.92 Å². The summed E-state index contributed by atoms with van der Waals surface area (Å²) >= 11 is 3.42. The van der Waals surface area contributed by atoms with E-state index in [0.29, 0.717) is 12.5 Å². The van der Waals surface area contributed by atoms with Gasteiger partial charge in [0.15, 0.2) is 11.5 Å². The molecule has 0 bridgehead atoms. The molecule has 0 aliphatic carbocycles. The molecule has 5 heteroatoms. The Morgan fingerprint density at radius 3 is 2.88 bits per heavy atom. The van der Waals surface area contributed by atoms with E-state index in [9.17, 15) is 0 Å². The fraction of sp³-hybridized carbons (Fsp3) is 0.455. The van der Waals surface area contributed by atoms with Gasteiger partial charge in [0.1, 0.15) is 0 Å². The Kier molecular flexibility index (Phi) is 3.25. The molecule has 86 valence electrons. The first kappa shape index (κ1) is 11.5. The van der Waals surface area contributed by atoms with Gasteiger partial charge in [-0.05, 0) is 18.1 Å². The normalized spacial score (nSPS) is 13.6. The average Bonchev–Trinajstić information content (AvgIpc) is 2.60. The van der Waals surface area contributed by atoms with Gasteiger partial charge in [-0.2, -0.15) is 5.10 Å². The fourth-order valence-corrected chi connectivity index (χ4v) is 2.03. The number of hydrogen-bond donors (Lipinski definition) is 1. The van der Waals surface area contributed by atoms with Crippen molar-refractivity contribution in [3.05, 3.63) is 28.6 Å². The third-order valence-electron chi connectivity index (χ3n) is 2.71. The van der Waals surface area contributed by atoms with Crippen LogP contribution in [0.3, 0.4) is 0 Å². The summed E-state index contributed by atoms with van der Waals surface area (Å²) < 4.78 is 2.79. The molecule has 1 unspecified atom stereocenters. The summed E-state index contributed by atoms with van der Waals surface area (Å²) in [4.78, 5) is 4.51. The van der Waals surface area contributed by atoms with Crippen LogP contribution in [0.1, 0.15) is 25.6 Å².